The number of carbonyl (C=O) groups is 1. The van der Waals surface area contributed by atoms with Crippen LogP contribution in [0.25, 0.3) is 0 Å². The Hall–Kier alpha value is -2.29. The van der Waals surface area contributed by atoms with Crippen LogP contribution in [-0.4, -0.2) is 23.0 Å². The van der Waals surface area contributed by atoms with Gasteiger partial charge in [-0.2, -0.15) is 0 Å². The standard InChI is InChI=1S/C17H16N2O/c20-17(15-7-4-9-18-12-15)14-8-10-19-16(11-14)13-5-2-1-3-6-13/h1-7,9,12,14H,8,10-11H2. The molecule has 0 saturated carbocycles. The molecule has 2 aromatic rings. The van der Waals surface area contributed by atoms with E-state index in [0.29, 0.717) is 5.56 Å². The molecular formula is C17H16N2O. The molecule has 3 heteroatoms. The summed E-state index contributed by atoms with van der Waals surface area (Å²) in [6, 6.07) is 13.7. The van der Waals surface area contributed by atoms with Crippen molar-refractivity contribution < 1.29 is 4.79 Å². The molecule has 0 saturated heterocycles. The number of Topliss-reactive ketones (excluding diaryl/α,β-unsaturated/α-hetero) is 1. The van der Waals surface area contributed by atoms with Gasteiger partial charge in [-0.15, -0.1) is 0 Å². The van der Waals surface area contributed by atoms with Crippen LogP contribution in [0, 0.1) is 5.92 Å². The monoisotopic (exact) mass is 264 g/mol. The number of rotatable bonds is 3. The molecule has 100 valence electrons. The van der Waals surface area contributed by atoms with Crippen molar-refractivity contribution in [3.05, 3.63) is 66.0 Å². The molecule has 0 aliphatic carbocycles. The van der Waals surface area contributed by atoms with E-state index < -0.39 is 0 Å². The van der Waals surface area contributed by atoms with Gasteiger partial charge in [-0.3, -0.25) is 14.8 Å². The van der Waals surface area contributed by atoms with Crippen molar-refractivity contribution in [3.63, 3.8) is 0 Å². The molecule has 0 N–H and O–H groups in total. The molecule has 3 rings (SSSR count). The number of ketones is 1. The fourth-order valence-electron chi connectivity index (χ4n) is 2.56. The smallest absolute Gasteiger partial charge is 0.167 e. The maximum Gasteiger partial charge on any atom is 0.167 e. The Bertz CT molecular complexity index is 620. The molecule has 20 heavy (non-hydrogen) atoms. The molecule has 1 aliphatic rings. The number of aromatic nitrogens is 1. The first-order valence-electron chi connectivity index (χ1n) is 6.87. The van der Waals surface area contributed by atoms with E-state index in [-0.39, 0.29) is 11.7 Å². The van der Waals surface area contributed by atoms with Crippen LogP contribution in [0.4, 0.5) is 0 Å². The third-order valence-electron chi connectivity index (χ3n) is 3.64. The first-order chi connectivity index (χ1) is 9.84. The number of nitrogens with zero attached hydrogens (tertiary/aromatic N) is 2. The molecule has 1 aromatic heterocycles. The van der Waals surface area contributed by atoms with E-state index in [2.05, 4.69) is 22.1 Å². The Balaban J connectivity index is 1.78. The molecule has 0 spiro atoms. The summed E-state index contributed by atoms with van der Waals surface area (Å²) >= 11 is 0. The average Bonchev–Trinajstić information content (AvgIpc) is 2.56. The van der Waals surface area contributed by atoms with Gasteiger partial charge in [0.25, 0.3) is 0 Å². The van der Waals surface area contributed by atoms with Crippen LogP contribution in [0.1, 0.15) is 28.8 Å². The van der Waals surface area contributed by atoms with Crippen molar-refractivity contribution in [2.75, 3.05) is 6.54 Å². The van der Waals surface area contributed by atoms with E-state index in [4.69, 9.17) is 0 Å². The van der Waals surface area contributed by atoms with Gasteiger partial charge in [0.05, 0.1) is 0 Å². The summed E-state index contributed by atoms with van der Waals surface area (Å²) in [6.45, 7) is 0.723. The van der Waals surface area contributed by atoms with Crippen LogP contribution in [-0.2, 0) is 0 Å². The van der Waals surface area contributed by atoms with Gasteiger partial charge in [-0.05, 0) is 30.5 Å². The highest BCUT2D eigenvalue weighted by atomic mass is 16.1. The Labute approximate surface area is 118 Å². The van der Waals surface area contributed by atoms with Crippen molar-refractivity contribution >= 4 is 11.5 Å². The summed E-state index contributed by atoms with van der Waals surface area (Å²) < 4.78 is 0. The van der Waals surface area contributed by atoms with E-state index in [0.717, 1.165) is 30.7 Å². The molecule has 0 radical (unpaired) electrons. The molecule has 0 amide bonds. The zero-order chi connectivity index (χ0) is 13.8. The van der Waals surface area contributed by atoms with E-state index in [1.807, 2.05) is 30.3 Å². The van der Waals surface area contributed by atoms with Crippen molar-refractivity contribution in [1.29, 1.82) is 0 Å². The first-order valence-corrected chi connectivity index (χ1v) is 6.87. The molecule has 1 aromatic carbocycles. The van der Waals surface area contributed by atoms with Gasteiger partial charge in [0, 0.05) is 36.1 Å². The summed E-state index contributed by atoms with van der Waals surface area (Å²) in [4.78, 5) is 21.1. The number of carbonyl (C=O) groups excluding carboxylic acids is 1. The lowest BCUT2D eigenvalue weighted by atomic mass is 9.86. The second-order valence-corrected chi connectivity index (χ2v) is 4.99. The summed E-state index contributed by atoms with van der Waals surface area (Å²) in [5, 5.41) is 0. The molecule has 3 nitrogen and oxygen atoms in total. The van der Waals surface area contributed by atoms with Gasteiger partial charge in [-0.1, -0.05) is 30.3 Å². The van der Waals surface area contributed by atoms with E-state index >= 15 is 0 Å². The van der Waals surface area contributed by atoms with Crippen LogP contribution >= 0.6 is 0 Å². The third-order valence-corrected chi connectivity index (χ3v) is 3.64. The summed E-state index contributed by atoms with van der Waals surface area (Å²) in [5.41, 5.74) is 2.86. The summed E-state index contributed by atoms with van der Waals surface area (Å²) in [6.07, 6.45) is 4.88. The van der Waals surface area contributed by atoms with Crippen molar-refractivity contribution in [1.82, 2.24) is 4.98 Å². The van der Waals surface area contributed by atoms with Crippen molar-refractivity contribution in [2.45, 2.75) is 12.8 Å². The average molecular weight is 264 g/mol. The highest BCUT2D eigenvalue weighted by Gasteiger charge is 2.25. The molecule has 1 aliphatic heterocycles. The normalized spacial score (nSPS) is 18.4. The first kappa shape index (κ1) is 12.7. The molecule has 1 atom stereocenters. The minimum atomic E-state index is 0.0203. The maximum absolute atomic E-state index is 12.5. The quantitative estimate of drug-likeness (QED) is 0.799. The molecular weight excluding hydrogens is 248 g/mol. The molecule has 0 bridgehead atoms. The second-order valence-electron chi connectivity index (χ2n) is 4.99. The predicted octanol–water partition coefficient (Wildman–Crippen LogP) is 3.16. The lowest BCUT2D eigenvalue weighted by molar-refractivity contribution is 0.0915. The number of hydrogen-bond donors (Lipinski definition) is 0. The fourth-order valence-corrected chi connectivity index (χ4v) is 2.56. The van der Waals surface area contributed by atoms with E-state index in [1.165, 1.54) is 0 Å². The van der Waals surface area contributed by atoms with Crippen molar-refractivity contribution in [3.8, 4) is 0 Å². The van der Waals surface area contributed by atoms with Crippen LogP contribution in [0.3, 0.4) is 0 Å². The third kappa shape index (κ3) is 2.67. The topological polar surface area (TPSA) is 42.3 Å². The zero-order valence-electron chi connectivity index (χ0n) is 11.2. The summed E-state index contributed by atoms with van der Waals surface area (Å²) in [5.74, 6) is 0.202. The highest BCUT2D eigenvalue weighted by molar-refractivity contribution is 6.06. The van der Waals surface area contributed by atoms with Crippen LogP contribution in [0.5, 0.6) is 0 Å². The van der Waals surface area contributed by atoms with Gasteiger partial charge in [0.15, 0.2) is 5.78 Å². The molecule has 1 unspecified atom stereocenters. The fraction of sp³-hybridized carbons (Fsp3) is 0.235. The maximum atomic E-state index is 12.5. The summed E-state index contributed by atoms with van der Waals surface area (Å²) in [7, 11) is 0. The van der Waals surface area contributed by atoms with Crippen LogP contribution < -0.4 is 0 Å². The zero-order valence-corrected chi connectivity index (χ0v) is 11.2. The van der Waals surface area contributed by atoms with Gasteiger partial charge in [0.2, 0.25) is 0 Å². The SMILES string of the molecule is O=C(c1cccnc1)C1CCN=C(c2ccccc2)C1. The van der Waals surface area contributed by atoms with Crippen molar-refractivity contribution in [2.24, 2.45) is 10.9 Å². The van der Waals surface area contributed by atoms with Gasteiger partial charge >= 0.3 is 0 Å². The molecule has 2 heterocycles. The minimum Gasteiger partial charge on any atom is -0.294 e. The van der Waals surface area contributed by atoms with Gasteiger partial charge in [0.1, 0.15) is 0 Å². The molecule has 0 fully saturated rings. The lowest BCUT2D eigenvalue weighted by Crippen LogP contribution is -2.24. The van der Waals surface area contributed by atoms with Crippen LogP contribution in [0.2, 0.25) is 0 Å². The lowest BCUT2D eigenvalue weighted by Gasteiger charge is -2.21. The predicted molar refractivity (Wildman–Crippen MR) is 79.1 cm³/mol. The Kier molecular flexibility index (Phi) is 3.68. The number of benzene rings is 1. The van der Waals surface area contributed by atoms with Gasteiger partial charge < -0.3 is 0 Å². The largest absolute Gasteiger partial charge is 0.294 e. The minimum absolute atomic E-state index is 0.0203. The Morgan fingerprint density at radius 2 is 1.95 bits per heavy atom. The second kappa shape index (κ2) is 5.78. The number of hydrogen-bond acceptors (Lipinski definition) is 3. The number of pyridine rings is 1. The Morgan fingerprint density at radius 3 is 2.70 bits per heavy atom. The number of aliphatic imine (C=N–C) groups is 1. The van der Waals surface area contributed by atoms with Gasteiger partial charge in [-0.25, -0.2) is 0 Å². The van der Waals surface area contributed by atoms with E-state index in [9.17, 15) is 4.79 Å². The Morgan fingerprint density at radius 1 is 1.10 bits per heavy atom. The van der Waals surface area contributed by atoms with E-state index in [1.54, 1.807) is 12.4 Å². The highest BCUT2D eigenvalue weighted by Crippen LogP contribution is 2.23. The van der Waals surface area contributed by atoms with Crippen LogP contribution in [0.15, 0.2) is 59.9 Å².